The van der Waals surface area contributed by atoms with E-state index in [2.05, 4.69) is 280 Å². The molecule has 0 fully saturated rings. The number of anilines is 3. The van der Waals surface area contributed by atoms with Crippen LogP contribution in [0.15, 0.2) is 265 Å². The predicted octanol–water partition coefficient (Wildman–Crippen LogP) is 19.9. The van der Waals surface area contributed by atoms with Crippen molar-refractivity contribution in [1.29, 1.82) is 0 Å². The Morgan fingerprint density at radius 3 is 1.71 bits per heavy atom. The molecule has 2 heteroatoms. The molecule has 1 atom stereocenters. The Balaban J connectivity index is 0.963. The third-order valence-corrected chi connectivity index (χ3v) is 17.3. The van der Waals surface area contributed by atoms with Gasteiger partial charge >= 0.3 is 0 Å². The summed E-state index contributed by atoms with van der Waals surface area (Å²) in [5, 5.41) is 4.61. The van der Waals surface area contributed by atoms with Crippen molar-refractivity contribution in [2.24, 2.45) is 0 Å². The van der Waals surface area contributed by atoms with Gasteiger partial charge in [-0.1, -0.05) is 226 Å². The highest BCUT2D eigenvalue weighted by molar-refractivity contribution is 6.11. The van der Waals surface area contributed by atoms with Crippen molar-refractivity contribution >= 4 is 49.8 Å². The van der Waals surface area contributed by atoms with E-state index in [4.69, 9.17) is 4.42 Å². The van der Waals surface area contributed by atoms with E-state index in [1.54, 1.807) is 0 Å². The first kappa shape index (κ1) is 43.0. The summed E-state index contributed by atoms with van der Waals surface area (Å²) in [6.45, 7) is 4.79. The van der Waals surface area contributed by atoms with Crippen LogP contribution in [-0.4, -0.2) is 0 Å². The van der Waals surface area contributed by atoms with Crippen LogP contribution in [0.25, 0.3) is 99.5 Å². The van der Waals surface area contributed by atoms with E-state index in [1.807, 2.05) is 0 Å². The molecule has 1 heterocycles. The van der Waals surface area contributed by atoms with Crippen LogP contribution >= 0.6 is 0 Å². The quantitative estimate of drug-likeness (QED) is 0.165. The van der Waals surface area contributed by atoms with E-state index in [0.29, 0.717) is 0 Å². The molecule has 76 heavy (non-hydrogen) atoms. The fourth-order valence-electron chi connectivity index (χ4n) is 13.9. The normalized spacial score (nSPS) is 15.1. The SMILES string of the molecule is CC1(C)c2ccccc2-c2c1ccc1c2-c2ccccc2C12c1ccccc1-c1ccc(-c3cc(-c4cccc5ccccc45)cc(N(c4ccc(-c5ccccc5)cc4)c4cccc5c4oc4ccccc45)c3)cc12. The van der Waals surface area contributed by atoms with E-state index < -0.39 is 5.41 Å². The number of rotatable bonds is 6. The third-order valence-electron chi connectivity index (χ3n) is 17.3. The van der Waals surface area contributed by atoms with Gasteiger partial charge in [0.1, 0.15) is 5.58 Å². The van der Waals surface area contributed by atoms with Crippen LogP contribution in [0, 0.1) is 0 Å². The van der Waals surface area contributed by atoms with Gasteiger partial charge < -0.3 is 9.32 Å². The van der Waals surface area contributed by atoms with Crippen molar-refractivity contribution in [1.82, 2.24) is 0 Å². The maximum Gasteiger partial charge on any atom is 0.159 e. The van der Waals surface area contributed by atoms with E-state index >= 15 is 0 Å². The second-order valence-corrected chi connectivity index (χ2v) is 21.5. The van der Waals surface area contributed by atoms with Gasteiger partial charge in [-0.2, -0.15) is 0 Å². The zero-order valence-electron chi connectivity index (χ0n) is 42.2. The highest BCUT2D eigenvalue weighted by Gasteiger charge is 2.53. The molecule has 0 saturated heterocycles. The molecule has 3 aliphatic carbocycles. The number of hydrogen-bond donors (Lipinski definition) is 0. The van der Waals surface area contributed by atoms with Crippen LogP contribution in [0.2, 0.25) is 0 Å². The van der Waals surface area contributed by atoms with E-state index in [9.17, 15) is 0 Å². The summed E-state index contributed by atoms with van der Waals surface area (Å²) in [5.74, 6) is 0. The van der Waals surface area contributed by atoms with Crippen LogP contribution in [0.1, 0.15) is 47.2 Å². The first-order valence-corrected chi connectivity index (χ1v) is 26.6. The number of furan rings is 1. The van der Waals surface area contributed by atoms with Gasteiger partial charge in [0.05, 0.1) is 11.1 Å². The summed E-state index contributed by atoms with van der Waals surface area (Å²) in [6, 6.07) is 97.1. The first-order valence-electron chi connectivity index (χ1n) is 26.6. The monoisotopic (exact) mass is 967 g/mol. The van der Waals surface area contributed by atoms with Crippen molar-refractivity contribution in [2.75, 3.05) is 4.90 Å². The molecule has 3 aliphatic rings. The summed E-state index contributed by atoms with van der Waals surface area (Å²) < 4.78 is 6.90. The molecule has 0 N–H and O–H groups in total. The molecule has 0 saturated carbocycles. The van der Waals surface area contributed by atoms with Crippen molar-refractivity contribution in [3.8, 4) is 66.8 Å². The fraction of sp³-hybridized carbons (Fsp3) is 0.0541. The van der Waals surface area contributed by atoms with E-state index in [1.165, 1.54) is 88.7 Å². The van der Waals surface area contributed by atoms with E-state index in [-0.39, 0.29) is 5.41 Å². The Morgan fingerprint density at radius 1 is 0.316 bits per heavy atom. The molecule has 1 aromatic heterocycles. The van der Waals surface area contributed by atoms with Crippen LogP contribution in [-0.2, 0) is 10.8 Å². The van der Waals surface area contributed by atoms with Crippen molar-refractivity contribution < 1.29 is 4.42 Å². The first-order chi connectivity index (χ1) is 37.4. The minimum atomic E-state index is -0.538. The van der Waals surface area contributed by atoms with Gasteiger partial charge in [-0.15, -0.1) is 0 Å². The molecule has 13 aromatic rings. The molecule has 0 radical (unpaired) electrons. The Bertz CT molecular complexity index is 4550. The Labute approximate surface area is 442 Å². The molecule has 1 unspecified atom stereocenters. The highest BCUT2D eigenvalue weighted by Crippen LogP contribution is 2.66. The van der Waals surface area contributed by atoms with Crippen LogP contribution in [0.4, 0.5) is 17.1 Å². The minimum absolute atomic E-state index is 0.120. The lowest BCUT2D eigenvalue weighted by molar-refractivity contribution is 0.660. The van der Waals surface area contributed by atoms with Crippen LogP contribution in [0.3, 0.4) is 0 Å². The second kappa shape index (κ2) is 16.0. The maximum atomic E-state index is 6.90. The van der Waals surface area contributed by atoms with Gasteiger partial charge in [0.15, 0.2) is 5.58 Å². The topological polar surface area (TPSA) is 16.4 Å². The largest absolute Gasteiger partial charge is 0.454 e. The molecule has 0 aliphatic heterocycles. The summed E-state index contributed by atoms with van der Waals surface area (Å²) in [4.78, 5) is 2.41. The average molecular weight is 968 g/mol. The van der Waals surface area contributed by atoms with Crippen molar-refractivity contribution in [3.05, 3.63) is 294 Å². The molecule has 0 amide bonds. The number of hydrogen-bond acceptors (Lipinski definition) is 2. The van der Waals surface area contributed by atoms with Gasteiger partial charge in [-0.25, -0.2) is 0 Å². The molecule has 0 bridgehead atoms. The molecule has 1 spiro atoms. The highest BCUT2D eigenvalue weighted by atomic mass is 16.3. The minimum Gasteiger partial charge on any atom is -0.454 e. The predicted molar refractivity (Wildman–Crippen MR) is 316 cm³/mol. The third kappa shape index (κ3) is 5.93. The lowest BCUT2D eigenvalue weighted by Gasteiger charge is -2.31. The number of para-hydroxylation sites is 2. The molecule has 2 nitrogen and oxygen atoms in total. The smallest absolute Gasteiger partial charge is 0.159 e. The Hall–Kier alpha value is -9.50. The molecular formula is C74H49NO. The summed E-state index contributed by atoms with van der Waals surface area (Å²) >= 11 is 0. The van der Waals surface area contributed by atoms with Gasteiger partial charge in [0.25, 0.3) is 0 Å². The summed E-state index contributed by atoms with van der Waals surface area (Å²) in [5.41, 5.74) is 27.2. The van der Waals surface area contributed by atoms with Gasteiger partial charge in [0.2, 0.25) is 0 Å². The van der Waals surface area contributed by atoms with Gasteiger partial charge in [-0.05, 0) is 159 Å². The lowest BCUT2D eigenvalue weighted by atomic mass is 9.69. The van der Waals surface area contributed by atoms with Crippen molar-refractivity contribution in [3.63, 3.8) is 0 Å². The summed E-state index contributed by atoms with van der Waals surface area (Å²) in [6.07, 6.45) is 0. The number of benzene rings is 12. The zero-order chi connectivity index (χ0) is 50.3. The lowest BCUT2D eigenvalue weighted by Crippen LogP contribution is -2.26. The molecule has 356 valence electrons. The van der Waals surface area contributed by atoms with Crippen LogP contribution < -0.4 is 4.90 Å². The summed E-state index contributed by atoms with van der Waals surface area (Å²) in [7, 11) is 0. The number of fused-ring (bicyclic) bond motifs is 18. The number of nitrogens with zero attached hydrogens (tertiary/aromatic N) is 1. The van der Waals surface area contributed by atoms with Crippen LogP contribution in [0.5, 0.6) is 0 Å². The van der Waals surface area contributed by atoms with Gasteiger partial charge in [0, 0.05) is 27.6 Å². The maximum absolute atomic E-state index is 6.90. The van der Waals surface area contributed by atoms with E-state index in [0.717, 1.165) is 61.3 Å². The second-order valence-electron chi connectivity index (χ2n) is 21.5. The fourth-order valence-corrected chi connectivity index (χ4v) is 13.9. The zero-order valence-corrected chi connectivity index (χ0v) is 42.2. The Kier molecular flexibility index (Phi) is 9.04. The molecule has 16 rings (SSSR count). The Morgan fingerprint density at radius 2 is 0.882 bits per heavy atom. The standard InChI is InChI=1S/C74H49NO/c1-73(2)62-29-12-9-25-60(62)70-65(73)40-41-66-71(70)61-26-10-14-31-64(61)74(66)63-30-13-8-23-56(63)57-39-36-49(45-67(57)74)50-42-51(55-27-16-21-48-20-6-7-22-54(48)55)44-53(43-50)75(52-37-34-47(35-38-52)46-18-4-3-5-19-46)68-32-17-28-59-58-24-11-15-33-69(58)76-72(59)68/h3-45H,1-2H3. The molecule has 12 aromatic carbocycles. The molecular weight excluding hydrogens is 919 g/mol. The van der Waals surface area contributed by atoms with Gasteiger partial charge in [-0.3, -0.25) is 0 Å². The average Bonchev–Trinajstić information content (AvgIpc) is 4.34. The van der Waals surface area contributed by atoms with Crippen molar-refractivity contribution in [2.45, 2.75) is 24.7 Å².